The van der Waals surface area contributed by atoms with Crippen molar-refractivity contribution in [2.45, 2.75) is 20.8 Å². The van der Waals surface area contributed by atoms with Crippen LogP contribution in [0, 0.1) is 13.8 Å². The lowest BCUT2D eigenvalue weighted by atomic mass is 10.1. The molecule has 2 N–H and O–H groups in total. The summed E-state index contributed by atoms with van der Waals surface area (Å²) in [5.74, 6) is 0. The number of hydrogen-bond donors (Lipinski definition) is 1. The van der Waals surface area contributed by atoms with Crippen LogP contribution in [0.2, 0.25) is 0 Å². The summed E-state index contributed by atoms with van der Waals surface area (Å²) in [5.41, 5.74) is 9.75. The smallest absolute Gasteiger partial charge is 0.0884 e. The summed E-state index contributed by atoms with van der Waals surface area (Å²) >= 11 is 0. The first kappa shape index (κ1) is 8.78. The third kappa shape index (κ3) is 1.64. The fourth-order valence-corrected chi connectivity index (χ4v) is 1.30. The van der Waals surface area contributed by atoms with Gasteiger partial charge in [-0.1, -0.05) is 6.07 Å². The van der Waals surface area contributed by atoms with E-state index in [-0.39, 0.29) is 0 Å². The van der Waals surface area contributed by atoms with Crippen molar-refractivity contribution in [1.29, 1.82) is 0 Å². The lowest BCUT2D eigenvalue weighted by molar-refractivity contribution is 1.35. The molecule has 1 aromatic carbocycles. The second-order valence-corrected chi connectivity index (χ2v) is 2.91. The summed E-state index contributed by atoms with van der Waals surface area (Å²) in [4.78, 5) is 4.20. The molecule has 0 aliphatic carbocycles. The Morgan fingerprint density at radius 1 is 1.33 bits per heavy atom. The van der Waals surface area contributed by atoms with Crippen LogP contribution in [0.4, 0.5) is 11.4 Å². The molecule has 2 heteroatoms. The molecule has 0 spiro atoms. The van der Waals surface area contributed by atoms with E-state index < -0.39 is 0 Å². The fraction of sp³-hybridized carbons (Fsp3) is 0.300. The highest BCUT2D eigenvalue weighted by atomic mass is 14.8. The van der Waals surface area contributed by atoms with Gasteiger partial charge in [-0.25, -0.2) is 0 Å². The Labute approximate surface area is 73.1 Å². The van der Waals surface area contributed by atoms with Crippen LogP contribution in [0.1, 0.15) is 18.1 Å². The van der Waals surface area contributed by atoms with Crippen LogP contribution in [-0.4, -0.2) is 6.21 Å². The number of rotatable bonds is 1. The number of nitrogens with two attached hydrogens (primary N) is 1. The predicted molar refractivity (Wildman–Crippen MR) is 54.2 cm³/mol. The Morgan fingerprint density at radius 3 is 2.50 bits per heavy atom. The standard InChI is InChI=1S/C10H14N2/c1-4-12-10-8(3)5-7(2)6-9(10)11/h4-6H,11H2,1-3H3. The number of anilines is 1. The number of nitrogen functional groups attached to an aromatic ring is 1. The van der Waals surface area contributed by atoms with E-state index in [1.54, 1.807) is 6.21 Å². The van der Waals surface area contributed by atoms with Gasteiger partial charge < -0.3 is 5.73 Å². The molecule has 0 fully saturated rings. The molecule has 64 valence electrons. The maximum atomic E-state index is 5.79. The molecule has 0 heterocycles. The third-order valence-corrected chi connectivity index (χ3v) is 1.73. The van der Waals surface area contributed by atoms with Crippen LogP contribution in [0.5, 0.6) is 0 Å². The minimum Gasteiger partial charge on any atom is -0.397 e. The highest BCUT2D eigenvalue weighted by Crippen LogP contribution is 2.27. The van der Waals surface area contributed by atoms with Crippen LogP contribution >= 0.6 is 0 Å². The first-order valence-electron chi connectivity index (χ1n) is 4.00. The van der Waals surface area contributed by atoms with Crippen molar-refractivity contribution < 1.29 is 0 Å². The molecule has 1 rings (SSSR count). The van der Waals surface area contributed by atoms with Crippen molar-refractivity contribution in [1.82, 2.24) is 0 Å². The Balaban J connectivity index is 3.28. The van der Waals surface area contributed by atoms with E-state index in [9.17, 15) is 0 Å². The topological polar surface area (TPSA) is 38.4 Å². The molecule has 0 aliphatic heterocycles. The maximum Gasteiger partial charge on any atom is 0.0884 e. The molecule has 0 amide bonds. The minimum absolute atomic E-state index is 0.755. The van der Waals surface area contributed by atoms with Crippen molar-refractivity contribution in [2.75, 3.05) is 5.73 Å². The summed E-state index contributed by atoms with van der Waals surface area (Å²) in [7, 11) is 0. The summed E-state index contributed by atoms with van der Waals surface area (Å²) in [5, 5.41) is 0. The zero-order valence-electron chi connectivity index (χ0n) is 7.76. The maximum absolute atomic E-state index is 5.79. The molecular formula is C10H14N2. The molecule has 0 radical (unpaired) electrons. The Bertz CT molecular complexity index is 291. The monoisotopic (exact) mass is 162 g/mol. The summed E-state index contributed by atoms with van der Waals surface area (Å²) in [6, 6.07) is 4.02. The van der Waals surface area contributed by atoms with Gasteiger partial charge in [-0.15, -0.1) is 0 Å². The van der Waals surface area contributed by atoms with E-state index in [0.29, 0.717) is 0 Å². The highest BCUT2D eigenvalue weighted by molar-refractivity contribution is 5.73. The van der Waals surface area contributed by atoms with Gasteiger partial charge >= 0.3 is 0 Å². The van der Waals surface area contributed by atoms with Crippen LogP contribution in [-0.2, 0) is 0 Å². The number of nitrogens with zero attached hydrogens (tertiary/aromatic N) is 1. The lowest BCUT2D eigenvalue weighted by Crippen LogP contribution is -1.89. The molecule has 1 aromatic rings. The van der Waals surface area contributed by atoms with Crippen molar-refractivity contribution in [3.8, 4) is 0 Å². The van der Waals surface area contributed by atoms with Crippen molar-refractivity contribution >= 4 is 17.6 Å². The van der Waals surface area contributed by atoms with Crippen LogP contribution in [0.25, 0.3) is 0 Å². The quantitative estimate of drug-likeness (QED) is 0.500. The molecule has 0 saturated carbocycles. The zero-order valence-corrected chi connectivity index (χ0v) is 7.76. The molecular weight excluding hydrogens is 148 g/mol. The second kappa shape index (κ2) is 3.39. The van der Waals surface area contributed by atoms with Gasteiger partial charge in [-0.3, -0.25) is 4.99 Å². The van der Waals surface area contributed by atoms with Gasteiger partial charge in [-0.2, -0.15) is 0 Å². The van der Waals surface area contributed by atoms with Gasteiger partial charge in [0.15, 0.2) is 0 Å². The van der Waals surface area contributed by atoms with Crippen LogP contribution in [0.15, 0.2) is 17.1 Å². The number of aryl methyl sites for hydroxylation is 2. The molecule has 0 saturated heterocycles. The van der Waals surface area contributed by atoms with Gasteiger partial charge in [0.05, 0.1) is 11.4 Å². The molecule has 2 nitrogen and oxygen atoms in total. The highest BCUT2D eigenvalue weighted by Gasteiger charge is 2.00. The summed E-state index contributed by atoms with van der Waals surface area (Å²) in [6.07, 6.45) is 1.76. The minimum atomic E-state index is 0.755. The van der Waals surface area contributed by atoms with Crippen molar-refractivity contribution in [3.05, 3.63) is 23.3 Å². The fourth-order valence-electron chi connectivity index (χ4n) is 1.30. The van der Waals surface area contributed by atoms with Gasteiger partial charge in [0.25, 0.3) is 0 Å². The van der Waals surface area contributed by atoms with Gasteiger partial charge in [0, 0.05) is 6.21 Å². The molecule has 0 atom stereocenters. The lowest BCUT2D eigenvalue weighted by Gasteiger charge is -2.05. The van der Waals surface area contributed by atoms with Crippen LogP contribution in [0.3, 0.4) is 0 Å². The van der Waals surface area contributed by atoms with Gasteiger partial charge in [-0.05, 0) is 38.0 Å². The Morgan fingerprint density at radius 2 is 2.00 bits per heavy atom. The van der Waals surface area contributed by atoms with E-state index in [0.717, 1.165) is 16.9 Å². The van der Waals surface area contributed by atoms with Crippen molar-refractivity contribution in [2.24, 2.45) is 4.99 Å². The van der Waals surface area contributed by atoms with Gasteiger partial charge in [0.2, 0.25) is 0 Å². The number of aliphatic imine (C=N–C) groups is 1. The predicted octanol–water partition coefficient (Wildman–Crippen LogP) is 2.61. The van der Waals surface area contributed by atoms with Crippen molar-refractivity contribution in [3.63, 3.8) is 0 Å². The SMILES string of the molecule is CC=Nc1c(C)cc(C)cc1N. The van der Waals surface area contributed by atoms with E-state index in [1.807, 2.05) is 26.8 Å². The molecule has 0 aliphatic rings. The molecule has 0 bridgehead atoms. The largest absolute Gasteiger partial charge is 0.397 e. The molecule has 0 aromatic heterocycles. The summed E-state index contributed by atoms with van der Waals surface area (Å²) < 4.78 is 0. The average molecular weight is 162 g/mol. The van der Waals surface area contributed by atoms with Gasteiger partial charge in [0.1, 0.15) is 0 Å². The Kier molecular flexibility index (Phi) is 2.48. The third-order valence-electron chi connectivity index (χ3n) is 1.73. The average Bonchev–Trinajstić information content (AvgIpc) is 1.96. The first-order valence-corrected chi connectivity index (χ1v) is 4.00. The first-order chi connectivity index (χ1) is 5.65. The van der Waals surface area contributed by atoms with E-state index >= 15 is 0 Å². The number of benzene rings is 1. The Hall–Kier alpha value is -1.31. The van der Waals surface area contributed by atoms with E-state index in [4.69, 9.17) is 5.73 Å². The van der Waals surface area contributed by atoms with Crippen LogP contribution < -0.4 is 5.73 Å². The number of hydrogen-bond acceptors (Lipinski definition) is 2. The molecule has 12 heavy (non-hydrogen) atoms. The van der Waals surface area contributed by atoms with E-state index in [1.165, 1.54) is 5.56 Å². The van der Waals surface area contributed by atoms with E-state index in [2.05, 4.69) is 11.1 Å². The molecule has 0 unspecified atom stereocenters. The zero-order chi connectivity index (χ0) is 9.14. The second-order valence-electron chi connectivity index (χ2n) is 2.91. The normalized spacial score (nSPS) is 10.9. The summed E-state index contributed by atoms with van der Waals surface area (Å²) in [6.45, 7) is 5.94.